The molecule has 0 aromatic carbocycles. The Balaban J connectivity index is 0.000000684. The summed E-state index contributed by atoms with van der Waals surface area (Å²) in [6.45, 7) is 13.5. The second-order valence-corrected chi connectivity index (χ2v) is 9.29. The highest BCUT2D eigenvalue weighted by molar-refractivity contribution is 7.20. The van der Waals surface area contributed by atoms with Gasteiger partial charge in [-0.1, -0.05) is 35.6 Å². The molecular formula is C21H36F2N3OP. The fraction of sp³-hybridized carbons (Fsp3) is 0.619. The lowest BCUT2D eigenvalue weighted by Gasteiger charge is -2.21. The minimum atomic E-state index is -3.23. The van der Waals surface area contributed by atoms with Crippen LogP contribution in [0.15, 0.2) is 24.4 Å². The average Bonchev–Trinajstić information content (AvgIpc) is 2.52. The molecule has 0 radical (unpaired) electrons. The quantitative estimate of drug-likeness (QED) is 0.414. The van der Waals surface area contributed by atoms with E-state index in [2.05, 4.69) is 32.7 Å². The van der Waals surface area contributed by atoms with Crippen molar-refractivity contribution in [2.45, 2.75) is 78.1 Å². The van der Waals surface area contributed by atoms with Crippen molar-refractivity contribution in [1.82, 2.24) is 4.98 Å². The lowest BCUT2D eigenvalue weighted by atomic mass is 9.91. The van der Waals surface area contributed by atoms with Gasteiger partial charge in [0.2, 0.25) is 0 Å². The maximum absolute atomic E-state index is 12.9. The molecule has 0 fully saturated rings. The predicted octanol–water partition coefficient (Wildman–Crippen LogP) is 5.36. The van der Waals surface area contributed by atoms with Crippen LogP contribution in [0.2, 0.25) is 0 Å². The van der Waals surface area contributed by atoms with Crippen LogP contribution in [-0.4, -0.2) is 27.0 Å². The molecule has 7 heteroatoms. The summed E-state index contributed by atoms with van der Waals surface area (Å²) in [6, 6.07) is 3.31. The minimum absolute atomic E-state index is 0.0232. The van der Waals surface area contributed by atoms with Crippen molar-refractivity contribution in [3.8, 4) is 0 Å². The summed E-state index contributed by atoms with van der Waals surface area (Å²) in [6.07, 6.45) is 4.96. The Kier molecular flexibility index (Phi) is 10.1. The number of aromatic nitrogens is 1. The molecule has 1 aromatic rings. The Labute approximate surface area is 170 Å². The van der Waals surface area contributed by atoms with Crippen LogP contribution in [0.1, 0.15) is 72.6 Å². The fourth-order valence-corrected chi connectivity index (χ4v) is 2.51. The van der Waals surface area contributed by atoms with Crippen LogP contribution < -0.4 is 5.73 Å². The zero-order valence-electron chi connectivity index (χ0n) is 18.1. The summed E-state index contributed by atoms with van der Waals surface area (Å²) in [5.41, 5.74) is 2.42. The number of nitrogens with zero attached hydrogens (tertiary/aromatic N) is 1. The zero-order valence-corrected chi connectivity index (χ0v) is 19.3. The third-order valence-corrected chi connectivity index (χ3v) is 4.45. The number of nitrogens with two attached hydrogens (primary N) is 1. The van der Waals surface area contributed by atoms with E-state index >= 15 is 0 Å². The van der Waals surface area contributed by atoms with Crippen LogP contribution in [0.3, 0.4) is 0 Å². The predicted molar refractivity (Wildman–Crippen MR) is 118 cm³/mol. The van der Waals surface area contributed by atoms with Crippen LogP contribution in [0.25, 0.3) is 5.57 Å². The van der Waals surface area contributed by atoms with Gasteiger partial charge in [-0.15, -0.1) is 0 Å². The number of hydrogen-bond acceptors (Lipinski definition) is 4. The summed E-state index contributed by atoms with van der Waals surface area (Å²) in [5, 5.41) is 17.0. The van der Waals surface area contributed by atoms with Crippen molar-refractivity contribution in [3.05, 3.63) is 35.7 Å². The molecule has 1 heterocycles. The van der Waals surface area contributed by atoms with E-state index in [1.807, 2.05) is 0 Å². The maximum atomic E-state index is 12.9. The summed E-state index contributed by atoms with van der Waals surface area (Å²) >= 11 is 0. The molecular weight excluding hydrogens is 379 g/mol. The molecule has 2 atom stereocenters. The Bertz CT molecular complexity index is 654. The molecule has 4 nitrogen and oxygen atoms in total. The van der Waals surface area contributed by atoms with Crippen molar-refractivity contribution in [1.29, 1.82) is 5.41 Å². The van der Waals surface area contributed by atoms with Crippen LogP contribution in [0, 0.1) is 11.3 Å². The minimum Gasteiger partial charge on any atom is -0.384 e. The van der Waals surface area contributed by atoms with E-state index in [1.54, 1.807) is 32.9 Å². The van der Waals surface area contributed by atoms with Crippen molar-refractivity contribution in [2.24, 2.45) is 11.7 Å². The number of alkyl halides is 2. The fourth-order valence-electron chi connectivity index (χ4n) is 2.43. The van der Waals surface area contributed by atoms with Crippen LogP contribution in [0.4, 0.5) is 8.78 Å². The second kappa shape index (κ2) is 10.5. The van der Waals surface area contributed by atoms with Gasteiger partial charge >= 0.3 is 0 Å². The van der Waals surface area contributed by atoms with Gasteiger partial charge in [0.1, 0.15) is 11.3 Å². The molecule has 0 saturated carbocycles. The van der Waals surface area contributed by atoms with Gasteiger partial charge in [0.15, 0.2) is 0 Å². The molecule has 0 aliphatic rings. The SMILES string of the molecule is C/C(=C\C(=N)C(F)(F)P)c1ccc(C(C)(C)O)nc1.CC[C@@H](C)CC(C)(C)N. The molecule has 1 unspecified atom stereocenters. The molecule has 0 amide bonds. The molecule has 0 aliphatic carbocycles. The van der Waals surface area contributed by atoms with Gasteiger partial charge in [0, 0.05) is 11.7 Å². The number of allylic oxidation sites excluding steroid dienone is 2. The number of aliphatic hydroxyl groups is 1. The molecule has 0 bridgehead atoms. The highest BCUT2D eigenvalue weighted by Gasteiger charge is 2.26. The van der Waals surface area contributed by atoms with Crippen molar-refractivity contribution in [3.63, 3.8) is 0 Å². The molecule has 160 valence electrons. The van der Waals surface area contributed by atoms with Crippen LogP contribution in [-0.2, 0) is 5.60 Å². The summed E-state index contributed by atoms with van der Waals surface area (Å²) in [5.74, 6) is 0.769. The van der Waals surface area contributed by atoms with Crippen LogP contribution in [0.5, 0.6) is 0 Å². The van der Waals surface area contributed by atoms with E-state index < -0.39 is 17.0 Å². The topological polar surface area (TPSA) is 83.0 Å². The van der Waals surface area contributed by atoms with E-state index in [9.17, 15) is 13.9 Å². The first-order valence-corrected chi connectivity index (χ1v) is 9.97. The number of rotatable bonds is 7. The first kappa shape index (κ1) is 26.8. The third kappa shape index (κ3) is 10.9. The van der Waals surface area contributed by atoms with Gasteiger partial charge in [-0.05, 0) is 70.2 Å². The smallest absolute Gasteiger partial charge is 0.299 e. The first-order valence-electron chi connectivity index (χ1n) is 9.39. The van der Waals surface area contributed by atoms with Crippen LogP contribution >= 0.6 is 9.24 Å². The second-order valence-electron chi connectivity index (χ2n) is 8.56. The Hall–Kier alpha value is -1.23. The Morgan fingerprint density at radius 3 is 2.14 bits per heavy atom. The molecule has 0 spiro atoms. The van der Waals surface area contributed by atoms with E-state index in [-0.39, 0.29) is 5.54 Å². The average molecular weight is 416 g/mol. The van der Waals surface area contributed by atoms with Gasteiger partial charge in [-0.2, -0.15) is 8.78 Å². The highest BCUT2D eigenvalue weighted by Crippen LogP contribution is 2.26. The van der Waals surface area contributed by atoms with E-state index in [0.29, 0.717) is 16.8 Å². The normalized spacial score (nSPS) is 14.2. The summed E-state index contributed by atoms with van der Waals surface area (Å²) in [7, 11) is 1.33. The molecule has 28 heavy (non-hydrogen) atoms. The summed E-state index contributed by atoms with van der Waals surface area (Å²) in [4.78, 5) is 4.09. The lowest BCUT2D eigenvalue weighted by molar-refractivity contribution is 0.0738. The van der Waals surface area contributed by atoms with Gasteiger partial charge in [0.25, 0.3) is 5.66 Å². The van der Waals surface area contributed by atoms with Crippen molar-refractivity contribution >= 4 is 20.5 Å². The standard InChI is InChI=1S/C13H17F2N2OP.C8H19N/c1-8(6-10(16)13(14,15)19)9-4-5-11(17-7-9)12(2,3)18;1-5-7(2)6-8(3,4)9/h4-7,16,18H,19H2,1-3H3;7H,5-6,9H2,1-4H3/b8-6+,16-10?;/t;7-/m.1/s1. The van der Waals surface area contributed by atoms with Crippen molar-refractivity contribution < 1.29 is 13.9 Å². The lowest BCUT2D eigenvalue weighted by Crippen LogP contribution is -2.33. The first-order chi connectivity index (χ1) is 12.5. The number of halogens is 2. The number of nitrogens with one attached hydrogen (secondary N) is 1. The molecule has 0 aliphatic heterocycles. The molecule has 0 saturated heterocycles. The Morgan fingerprint density at radius 2 is 1.86 bits per heavy atom. The van der Waals surface area contributed by atoms with Gasteiger partial charge in [-0.3, -0.25) is 10.4 Å². The zero-order chi connectivity index (χ0) is 22.3. The number of pyridine rings is 1. The van der Waals surface area contributed by atoms with E-state index in [4.69, 9.17) is 11.1 Å². The van der Waals surface area contributed by atoms with Gasteiger partial charge in [0.05, 0.1) is 5.69 Å². The third-order valence-electron chi connectivity index (χ3n) is 4.14. The van der Waals surface area contributed by atoms with Gasteiger partial charge < -0.3 is 10.8 Å². The number of hydrogen-bond donors (Lipinski definition) is 3. The van der Waals surface area contributed by atoms with E-state index in [1.165, 1.54) is 21.9 Å². The monoisotopic (exact) mass is 415 g/mol. The molecule has 1 rings (SSSR count). The Morgan fingerprint density at radius 1 is 1.32 bits per heavy atom. The van der Waals surface area contributed by atoms with Gasteiger partial charge in [-0.25, -0.2) is 0 Å². The largest absolute Gasteiger partial charge is 0.384 e. The molecule has 1 aromatic heterocycles. The highest BCUT2D eigenvalue weighted by atomic mass is 31.0. The summed E-state index contributed by atoms with van der Waals surface area (Å²) < 4.78 is 25.7. The maximum Gasteiger partial charge on any atom is 0.299 e. The van der Waals surface area contributed by atoms with E-state index in [0.717, 1.165) is 18.4 Å². The molecule has 4 N–H and O–H groups in total. The van der Waals surface area contributed by atoms with Crippen molar-refractivity contribution in [2.75, 3.05) is 0 Å².